The predicted octanol–water partition coefficient (Wildman–Crippen LogP) is 1.81. The maximum Gasteiger partial charge on any atom is 0.250 e. The van der Waals surface area contributed by atoms with Crippen molar-refractivity contribution in [1.82, 2.24) is 4.90 Å². The largest absolute Gasteiger partial charge is 0.497 e. The molecule has 0 N–H and O–H groups in total. The molecular formula is C16H20N2O3. The van der Waals surface area contributed by atoms with Gasteiger partial charge < -0.3 is 9.64 Å². The van der Waals surface area contributed by atoms with E-state index in [9.17, 15) is 9.59 Å². The Morgan fingerprint density at radius 3 is 2.81 bits per heavy atom. The van der Waals surface area contributed by atoms with Crippen LogP contribution in [0.5, 0.6) is 5.75 Å². The minimum absolute atomic E-state index is 0.0344. The Balaban J connectivity index is 2.01. The molecule has 2 heterocycles. The van der Waals surface area contributed by atoms with E-state index in [1.807, 2.05) is 31.2 Å². The van der Waals surface area contributed by atoms with Crippen molar-refractivity contribution in [1.29, 1.82) is 0 Å². The Labute approximate surface area is 124 Å². The molecule has 0 bridgehead atoms. The fourth-order valence-corrected chi connectivity index (χ4v) is 3.33. The van der Waals surface area contributed by atoms with Crippen LogP contribution < -0.4 is 9.64 Å². The van der Waals surface area contributed by atoms with Crippen LogP contribution in [-0.2, 0) is 9.59 Å². The van der Waals surface area contributed by atoms with E-state index in [2.05, 4.69) is 0 Å². The quantitative estimate of drug-likeness (QED) is 0.852. The molecule has 2 fully saturated rings. The summed E-state index contributed by atoms with van der Waals surface area (Å²) in [6, 6.07) is 6.67. The number of amides is 2. The zero-order valence-electron chi connectivity index (χ0n) is 12.4. The molecule has 1 aromatic carbocycles. The number of anilines is 1. The van der Waals surface area contributed by atoms with Crippen LogP contribution >= 0.6 is 0 Å². The van der Waals surface area contributed by atoms with E-state index in [1.54, 1.807) is 16.9 Å². The molecule has 112 valence electrons. The molecule has 2 atom stereocenters. The standard InChI is InChI=1S/C16H20N2O3/c1-3-13-15(19)17-9-5-8-14(17)16(20)18(13)11-6-4-7-12(10-11)21-2/h4,6-7,10,13-14H,3,5,8-9H2,1-2H3. The fourth-order valence-electron chi connectivity index (χ4n) is 3.33. The second-order valence-electron chi connectivity index (χ2n) is 5.52. The van der Waals surface area contributed by atoms with Crippen molar-refractivity contribution in [2.75, 3.05) is 18.6 Å². The maximum absolute atomic E-state index is 12.8. The number of hydrogen-bond donors (Lipinski definition) is 0. The molecule has 0 aromatic heterocycles. The highest BCUT2D eigenvalue weighted by Gasteiger charge is 2.47. The Kier molecular flexibility index (Phi) is 3.57. The molecule has 21 heavy (non-hydrogen) atoms. The number of carbonyl (C=O) groups excluding carboxylic acids is 2. The number of rotatable bonds is 3. The number of carbonyl (C=O) groups is 2. The lowest BCUT2D eigenvalue weighted by molar-refractivity contribution is -0.144. The summed E-state index contributed by atoms with van der Waals surface area (Å²) in [7, 11) is 1.60. The molecule has 2 amide bonds. The van der Waals surface area contributed by atoms with Crippen molar-refractivity contribution < 1.29 is 14.3 Å². The summed E-state index contributed by atoms with van der Waals surface area (Å²) in [4.78, 5) is 28.9. The zero-order chi connectivity index (χ0) is 15.0. The summed E-state index contributed by atoms with van der Waals surface area (Å²) in [5.74, 6) is 0.797. The second-order valence-corrected chi connectivity index (χ2v) is 5.52. The lowest BCUT2D eigenvalue weighted by Gasteiger charge is -2.42. The van der Waals surface area contributed by atoms with E-state index in [1.165, 1.54) is 0 Å². The Morgan fingerprint density at radius 1 is 1.29 bits per heavy atom. The van der Waals surface area contributed by atoms with Crippen LogP contribution in [0.2, 0.25) is 0 Å². The first-order chi connectivity index (χ1) is 10.2. The third-order valence-corrected chi connectivity index (χ3v) is 4.37. The van der Waals surface area contributed by atoms with Crippen molar-refractivity contribution in [3.8, 4) is 5.75 Å². The van der Waals surface area contributed by atoms with Gasteiger partial charge in [-0.15, -0.1) is 0 Å². The lowest BCUT2D eigenvalue weighted by Crippen LogP contribution is -2.63. The highest BCUT2D eigenvalue weighted by molar-refractivity contribution is 6.08. The van der Waals surface area contributed by atoms with Crippen molar-refractivity contribution >= 4 is 17.5 Å². The molecule has 2 saturated heterocycles. The maximum atomic E-state index is 12.8. The third-order valence-electron chi connectivity index (χ3n) is 4.37. The normalized spacial score (nSPS) is 25.2. The molecule has 5 nitrogen and oxygen atoms in total. The molecular weight excluding hydrogens is 268 g/mol. The smallest absolute Gasteiger partial charge is 0.250 e. The number of methoxy groups -OCH3 is 1. The van der Waals surface area contributed by atoms with E-state index < -0.39 is 6.04 Å². The third kappa shape index (κ3) is 2.17. The zero-order valence-corrected chi connectivity index (χ0v) is 12.4. The molecule has 3 rings (SSSR count). The van der Waals surface area contributed by atoms with Gasteiger partial charge in [-0.25, -0.2) is 0 Å². The first-order valence-corrected chi connectivity index (χ1v) is 7.45. The van der Waals surface area contributed by atoms with Crippen LogP contribution in [0.4, 0.5) is 5.69 Å². The van der Waals surface area contributed by atoms with E-state index in [-0.39, 0.29) is 17.9 Å². The van der Waals surface area contributed by atoms with Crippen LogP contribution in [0.3, 0.4) is 0 Å². The molecule has 0 aliphatic carbocycles. The van der Waals surface area contributed by atoms with Gasteiger partial charge in [0.2, 0.25) is 5.91 Å². The van der Waals surface area contributed by atoms with Gasteiger partial charge >= 0.3 is 0 Å². The SMILES string of the molecule is CCC1C(=O)N2CCCC2C(=O)N1c1cccc(OC)c1. The van der Waals surface area contributed by atoms with Crippen LogP contribution in [-0.4, -0.2) is 42.5 Å². The van der Waals surface area contributed by atoms with Gasteiger partial charge in [0.25, 0.3) is 5.91 Å². The fraction of sp³-hybridized carbons (Fsp3) is 0.500. The average Bonchev–Trinajstić information content (AvgIpc) is 3.00. The van der Waals surface area contributed by atoms with Gasteiger partial charge in [-0.1, -0.05) is 13.0 Å². The first-order valence-electron chi connectivity index (χ1n) is 7.45. The van der Waals surface area contributed by atoms with Crippen molar-refractivity contribution in [2.24, 2.45) is 0 Å². The summed E-state index contributed by atoms with van der Waals surface area (Å²) in [6.07, 6.45) is 2.29. The number of nitrogens with zero attached hydrogens (tertiary/aromatic N) is 2. The van der Waals surface area contributed by atoms with Gasteiger partial charge in [0.05, 0.1) is 7.11 Å². The molecule has 1 aromatic rings. The van der Waals surface area contributed by atoms with Crippen molar-refractivity contribution in [3.05, 3.63) is 24.3 Å². The Bertz CT molecular complexity index is 572. The molecule has 2 aliphatic heterocycles. The van der Waals surface area contributed by atoms with E-state index in [0.29, 0.717) is 18.7 Å². The van der Waals surface area contributed by atoms with Gasteiger partial charge in [-0.3, -0.25) is 14.5 Å². The molecule has 0 radical (unpaired) electrons. The van der Waals surface area contributed by atoms with Crippen molar-refractivity contribution in [2.45, 2.75) is 38.3 Å². The minimum Gasteiger partial charge on any atom is -0.497 e. The topological polar surface area (TPSA) is 49.9 Å². The van der Waals surface area contributed by atoms with E-state index in [4.69, 9.17) is 4.74 Å². The number of fused-ring (bicyclic) bond motifs is 1. The second kappa shape index (κ2) is 5.39. The van der Waals surface area contributed by atoms with Crippen LogP contribution in [0.15, 0.2) is 24.3 Å². The summed E-state index contributed by atoms with van der Waals surface area (Å²) in [5.41, 5.74) is 0.742. The van der Waals surface area contributed by atoms with Gasteiger partial charge in [0.15, 0.2) is 0 Å². The molecule has 2 unspecified atom stereocenters. The lowest BCUT2D eigenvalue weighted by atomic mass is 10.0. The van der Waals surface area contributed by atoms with Gasteiger partial charge in [0.1, 0.15) is 17.8 Å². The molecule has 2 aliphatic rings. The summed E-state index contributed by atoms with van der Waals surface area (Å²) in [6.45, 7) is 2.65. The minimum atomic E-state index is -0.404. The number of ether oxygens (including phenoxy) is 1. The highest BCUT2D eigenvalue weighted by Crippen LogP contribution is 2.33. The Hall–Kier alpha value is -2.04. The highest BCUT2D eigenvalue weighted by atomic mass is 16.5. The monoisotopic (exact) mass is 288 g/mol. The first kappa shape index (κ1) is 13.9. The van der Waals surface area contributed by atoms with E-state index >= 15 is 0 Å². The predicted molar refractivity (Wildman–Crippen MR) is 79.3 cm³/mol. The summed E-state index contributed by atoms with van der Waals surface area (Å²) >= 11 is 0. The number of hydrogen-bond acceptors (Lipinski definition) is 3. The Morgan fingerprint density at radius 2 is 2.10 bits per heavy atom. The van der Waals surface area contributed by atoms with Crippen LogP contribution in [0, 0.1) is 0 Å². The van der Waals surface area contributed by atoms with Crippen molar-refractivity contribution in [3.63, 3.8) is 0 Å². The van der Waals surface area contributed by atoms with Gasteiger partial charge in [-0.2, -0.15) is 0 Å². The summed E-state index contributed by atoms with van der Waals surface area (Å²) < 4.78 is 5.23. The van der Waals surface area contributed by atoms with E-state index in [0.717, 1.165) is 18.5 Å². The van der Waals surface area contributed by atoms with Gasteiger partial charge in [0, 0.05) is 18.3 Å². The van der Waals surface area contributed by atoms with Crippen LogP contribution in [0.25, 0.3) is 0 Å². The molecule has 0 spiro atoms. The molecule has 5 heteroatoms. The summed E-state index contributed by atoms with van der Waals surface area (Å²) in [5, 5.41) is 0. The van der Waals surface area contributed by atoms with Crippen LogP contribution in [0.1, 0.15) is 26.2 Å². The van der Waals surface area contributed by atoms with Gasteiger partial charge in [-0.05, 0) is 31.4 Å². The molecule has 0 saturated carbocycles. The number of benzene rings is 1. The number of piperazine rings is 1. The average molecular weight is 288 g/mol.